The van der Waals surface area contributed by atoms with Crippen LogP contribution in [0.1, 0.15) is 50.5 Å². The van der Waals surface area contributed by atoms with Gasteiger partial charge in [0.2, 0.25) is 10.1 Å². The van der Waals surface area contributed by atoms with Crippen LogP contribution in [-0.2, 0) is 24.8 Å². The molecule has 0 saturated heterocycles. The van der Waals surface area contributed by atoms with E-state index < -0.39 is 0 Å². The zero-order valence-electron chi connectivity index (χ0n) is 14.6. The Labute approximate surface area is 145 Å². The second kappa shape index (κ2) is 5.51. The van der Waals surface area contributed by atoms with E-state index in [0.717, 1.165) is 53.2 Å². The first-order valence-corrected chi connectivity index (χ1v) is 9.21. The van der Waals surface area contributed by atoms with Crippen molar-refractivity contribution in [2.75, 3.05) is 11.4 Å². The molecule has 0 aliphatic carbocycles. The molecule has 0 aromatic carbocycles. The highest BCUT2D eigenvalue weighted by molar-refractivity contribution is 7.20. The van der Waals surface area contributed by atoms with Crippen molar-refractivity contribution in [3.05, 3.63) is 35.2 Å². The quantitative estimate of drug-likeness (QED) is 0.716. The molecular formula is C17H22N6S. The molecule has 0 radical (unpaired) electrons. The molecule has 24 heavy (non-hydrogen) atoms. The van der Waals surface area contributed by atoms with E-state index in [1.165, 1.54) is 5.56 Å². The van der Waals surface area contributed by atoms with Gasteiger partial charge in [-0.2, -0.15) is 0 Å². The monoisotopic (exact) mass is 342 g/mol. The summed E-state index contributed by atoms with van der Waals surface area (Å²) in [6.07, 6.45) is 5.87. The topological polar surface area (TPSA) is 59.2 Å². The number of hydrogen-bond acceptors (Lipinski definition) is 6. The fourth-order valence-corrected chi connectivity index (χ4v) is 3.76. The highest BCUT2D eigenvalue weighted by Crippen LogP contribution is 2.30. The highest BCUT2D eigenvalue weighted by Gasteiger charge is 2.23. The van der Waals surface area contributed by atoms with E-state index in [2.05, 4.69) is 37.6 Å². The summed E-state index contributed by atoms with van der Waals surface area (Å²) in [5, 5.41) is 5.76. The zero-order valence-corrected chi connectivity index (χ0v) is 15.4. The van der Waals surface area contributed by atoms with Crippen molar-refractivity contribution in [1.29, 1.82) is 0 Å². The van der Waals surface area contributed by atoms with Crippen molar-refractivity contribution in [2.45, 2.75) is 52.5 Å². The standard InChI is InChI=1S/C17H22N6S/c1-5-14-18-8-11-6-7-22(9-12(11)19-14)16-21-23-10-13(17(2,3)4)20-15(23)24-16/h8,10H,5-7,9H2,1-4H3. The van der Waals surface area contributed by atoms with Gasteiger partial charge < -0.3 is 4.90 Å². The van der Waals surface area contributed by atoms with Gasteiger partial charge in [0, 0.05) is 24.6 Å². The molecule has 0 fully saturated rings. The molecule has 0 atom stereocenters. The average molecular weight is 342 g/mol. The van der Waals surface area contributed by atoms with Crippen LogP contribution in [0.2, 0.25) is 0 Å². The fraction of sp³-hybridized carbons (Fsp3) is 0.529. The number of anilines is 1. The summed E-state index contributed by atoms with van der Waals surface area (Å²) in [4.78, 5) is 17.1. The SMILES string of the molecule is CCc1ncc2c(n1)CN(c1nn3cc(C(C)(C)C)nc3s1)CC2. The van der Waals surface area contributed by atoms with E-state index in [1.54, 1.807) is 11.3 Å². The molecule has 7 heteroatoms. The molecule has 0 unspecified atom stereocenters. The minimum atomic E-state index is 0.0467. The molecule has 6 nitrogen and oxygen atoms in total. The lowest BCUT2D eigenvalue weighted by atomic mass is 9.93. The number of imidazole rings is 1. The third kappa shape index (κ3) is 2.66. The van der Waals surface area contributed by atoms with Gasteiger partial charge in [-0.05, 0) is 12.0 Å². The number of rotatable bonds is 2. The largest absolute Gasteiger partial charge is 0.340 e. The van der Waals surface area contributed by atoms with E-state index in [0.29, 0.717) is 0 Å². The van der Waals surface area contributed by atoms with Gasteiger partial charge >= 0.3 is 0 Å². The van der Waals surface area contributed by atoms with Crippen molar-refractivity contribution >= 4 is 21.4 Å². The molecule has 3 aromatic heterocycles. The summed E-state index contributed by atoms with van der Waals surface area (Å²) in [5.41, 5.74) is 3.53. The molecule has 0 spiro atoms. The van der Waals surface area contributed by atoms with E-state index in [9.17, 15) is 0 Å². The second-order valence-electron chi connectivity index (χ2n) is 7.27. The average Bonchev–Trinajstić information content (AvgIpc) is 3.12. The summed E-state index contributed by atoms with van der Waals surface area (Å²) >= 11 is 1.65. The maximum Gasteiger partial charge on any atom is 0.214 e. The zero-order chi connectivity index (χ0) is 16.9. The third-order valence-corrected chi connectivity index (χ3v) is 5.37. The van der Waals surface area contributed by atoms with Crippen molar-refractivity contribution in [3.63, 3.8) is 0 Å². The molecular weight excluding hydrogens is 320 g/mol. The van der Waals surface area contributed by atoms with Crippen LogP contribution in [0, 0.1) is 0 Å². The van der Waals surface area contributed by atoms with E-state index >= 15 is 0 Å². The van der Waals surface area contributed by atoms with Gasteiger partial charge in [0.25, 0.3) is 0 Å². The number of aromatic nitrogens is 5. The maximum atomic E-state index is 4.74. The molecule has 4 rings (SSSR count). The van der Waals surface area contributed by atoms with Gasteiger partial charge in [-0.1, -0.05) is 39.0 Å². The molecule has 1 aliphatic rings. The van der Waals surface area contributed by atoms with Crippen molar-refractivity contribution < 1.29 is 0 Å². The lowest BCUT2D eigenvalue weighted by Gasteiger charge is -2.27. The van der Waals surface area contributed by atoms with Crippen molar-refractivity contribution in [3.8, 4) is 0 Å². The van der Waals surface area contributed by atoms with Gasteiger partial charge in [-0.3, -0.25) is 0 Å². The minimum absolute atomic E-state index is 0.0467. The molecule has 0 bridgehead atoms. The number of fused-ring (bicyclic) bond motifs is 2. The predicted molar refractivity (Wildman–Crippen MR) is 95.7 cm³/mol. The molecule has 126 valence electrons. The molecule has 0 saturated carbocycles. The summed E-state index contributed by atoms with van der Waals surface area (Å²) in [6.45, 7) is 10.4. The van der Waals surface area contributed by atoms with Gasteiger partial charge in [-0.25, -0.2) is 19.5 Å². The smallest absolute Gasteiger partial charge is 0.214 e. The molecule has 0 amide bonds. The molecule has 1 aliphatic heterocycles. The van der Waals surface area contributed by atoms with Gasteiger partial charge in [0.1, 0.15) is 5.82 Å². The van der Waals surface area contributed by atoms with Gasteiger partial charge in [-0.15, -0.1) is 5.10 Å². The summed E-state index contributed by atoms with van der Waals surface area (Å²) < 4.78 is 1.91. The Bertz CT molecular complexity index is 857. The van der Waals surface area contributed by atoms with Gasteiger partial charge in [0.05, 0.1) is 24.1 Å². The summed E-state index contributed by atoms with van der Waals surface area (Å²) in [6, 6.07) is 0. The van der Waals surface area contributed by atoms with E-state index in [1.807, 2.05) is 16.9 Å². The highest BCUT2D eigenvalue weighted by atomic mass is 32.1. The predicted octanol–water partition coefficient (Wildman–Crippen LogP) is 3.00. The lowest BCUT2D eigenvalue weighted by Crippen LogP contribution is -2.31. The van der Waals surface area contributed by atoms with Crippen LogP contribution in [0.4, 0.5) is 5.13 Å². The normalized spacial score (nSPS) is 15.1. The molecule has 4 heterocycles. The summed E-state index contributed by atoms with van der Waals surface area (Å²) in [5.74, 6) is 0.916. The summed E-state index contributed by atoms with van der Waals surface area (Å²) in [7, 11) is 0. The first-order valence-electron chi connectivity index (χ1n) is 8.39. The van der Waals surface area contributed by atoms with Crippen LogP contribution in [0.3, 0.4) is 0 Å². The number of aryl methyl sites for hydroxylation is 1. The Morgan fingerprint density at radius 3 is 2.79 bits per heavy atom. The Kier molecular flexibility index (Phi) is 3.56. The Morgan fingerprint density at radius 2 is 2.08 bits per heavy atom. The van der Waals surface area contributed by atoms with E-state index in [4.69, 9.17) is 15.1 Å². The lowest BCUT2D eigenvalue weighted by molar-refractivity contribution is 0.572. The van der Waals surface area contributed by atoms with Gasteiger partial charge in [0.15, 0.2) is 0 Å². The van der Waals surface area contributed by atoms with Crippen LogP contribution in [0.5, 0.6) is 0 Å². The van der Waals surface area contributed by atoms with Crippen LogP contribution in [0.25, 0.3) is 4.96 Å². The molecule has 0 N–H and O–H groups in total. The van der Waals surface area contributed by atoms with E-state index in [-0.39, 0.29) is 5.41 Å². The first kappa shape index (κ1) is 15.5. The Balaban J connectivity index is 1.62. The first-order chi connectivity index (χ1) is 11.4. The minimum Gasteiger partial charge on any atom is -0.340 e. The second-order valence-corrected chi connectivity index (χ2v) is 8.21. The number of nitrogens with zero attached hydrogens (tertiary/aromatic N) is 6. The Hall–Kier alpha value is -2.02. The van der Waals surface area contributed by atoms with Crippen LogP contribution in [-0.4, -0.2) is 31.1 Å². The Morgan fingerprint density at radius 1 is 1.25 bits per heavy atom. The third-order valence-electron chi connectivity index (χ3n) is 4.38. The van der Waals surface area contributed by atoms with Crippen LogP contribution in [0.15, 0.2) is 12.4 Å². The number of hydrogen-bond donors (Lipinski definition) is 0. The van der Waals surface area contributed by atoms with Crippen LogP contribution < -0.4 is 4.90 Å². The fourth-order valence-electron chi connectivity index (χ4n) is 2.86. The van der Waals surface area contributed by atoms with Crippen molar-refractivity contribution in [1.82, 2.24) is 24.6 Å². The van der Waals surface area contributed by atoms with Crippen LogP contribution >= 0.6 is 11.3 Å². The molecule has 3 aromatic rings. The maximum absolute atomic E-state index is 4.74. The van der Waals surface area contributed by atoms with Crippen molar-refractivity contribution in [2.24, 2.45) is 0 Å².